The van der Waals surface area contributed by atoms with Crippen molar-refractivity contribution in [1.82, 2.24) is 0 Å². The molecule has 1 heterocycles. The number of ether oxygens (including phenoxy) is 4. The number of methoxy groups -OCH3 is 2. The minimum Gasteiger partial charge on any atom is -0.497 e. The van der Waals surface area contributed by atoms with Crippen molar-refractivity contribution in [3.63, 3.8) is 0 Å². The number of rotatable bonds is 6. The Balaban J connectivity index is 1.79. The fourth-order valence-electron chi connectivity index (χ4n) is 3.11. The second kappa shape index (κ2) is 9.23. The van der Waals surface area contributed by atoms with Crippen LogP contribution in [0.2, 0.25) is 0 Å². The van der Waals surface area contributed by atoms with E-state index in [0.29, 0.717) is 12.2 Å². The number of hydrogen-bond acceptors (Lipinski definition) is 8. The molecule has 8 nitrogen and oxygen atoms in total. The van der Waals surface area contributed by atoms with Crippen molar-refractivity contribution in [2.75, 3.05) is 14.2 Å². The summed E-state index contributed by atoms with van der Waals surface area (Å²) >= 11 is 0. The van der Waals surface area contributed by atoms with E-state index >= 15 is 0 Å². The number of aliphatic hydroxyl groups is 3. The molecule has 0 aromatic heterocycles. The van der Waals surface area contributed by atoms with Crippen molar-refractivity contribution in [1.29, 1.82) is 0 Å². The van der Waals surface area contributed by atoms with Crippen LogP contribution in [0.3, 0.4) is 0 Å². The zero-order valence-corrected chi connectivity index (χ0v) is 16.1. The highest BCUT2D eigenvalue weighted by molar-refractivity contribution is 5.75. The normalized spacial score (nSPS) is 26.6. The van der Waals surface area contributed by atoms with Crippen molar-refractivity contribution >= 4 is 5.97 Å². The highest BCUT2D eigenvalue weighted by atomic mass is 16.7. The summed E-state index contributed by atoms with van der Waals surface area (Å²) in [5.74, 6) is 0.293. The summed E-state index contributed by atoms with van der Waals surface area (Å²) in [5.41, 5.74) is 1.82. The Morgan fingerprint density at radius 3 is 2.31 bits per heavy atom. The molecule has 1 saturated heterocycles. The largest absolute Gasteiger partial charge is 0.497 e. The molecule has 0 bridgehead atoms. The molecule has 5 atom stereocenters. The van der Waals surface area contributed by atoms with Gasteiger partial charge >= 0.3 is 5.97 Å². The van der Waals surface area contributed by atoms with Gasteiger partial charge in [0.1, 0.15) is 29.8 Å². The lowest BCUT2D eigenvalue weighted by molar-refractivity contribution is -0.272. The molecular weight excluding hydrogens is 380 g/mol. The molecule has 0 amide bonds. The standard InChI is InChI=1S/C21H24O8/c1-26-14-9-7-12(8-10-14)11-13-5-3-4-6-15(13)28-21-18(24)16(22)17(23)19(29-21)20(25)27-2/h3-10,16-19,21-24H,11H2,1-2H3/t16-,17-,18+,19-,21+/m0/s1. The van der Waals surface area contributed by atoms with Crippen molar-refractivity contribution in [3.05, 3.63) is 59.7 Å². The van der Waals surface area contributed by atoms with Gasteiger partial charge in [0, 0.05) is 6.42 Å². The van der Waals surface area contributed by atoms with Crippen LogP contribution in [0, 0.1) is 0 Å². The van der Waals surface area contributed by atoms with E-state index in [0.717, 1.165) is 24.0 Å². The van der Waals surface area contributed by atoms with Crippen LogP contribution in [0.4, 0.5) is 0 Å². The van der Waals surface area contributed by atoms with Crippen LogP contribution in [0.15, 0.2) is 48.5 Å². The SMILES string of the molecule is COC(=O)[C@H]1O[C@@H](Oc2ccccc2Cc2ccc(OC)cc2)[C@H](O)[C@@H](O)[C@@H]1O. The van der Waals surface area contributed by atoms with Gasteiger partial charge < -0.3 is 34.3 Å². The van der Waals surface area contributed by atoms with E-state index in [9.17, 15) is 20.1 Å². The maximum absolute atomic E-state index is 11.8. The molecule has 1 aliphatic rings. The van der Waals surface area contributed by atoms with Crippen LogP contribution < -0.4 is 9.47 Å². The summed E-state index contributed by atoms with van der Waals surface area (Å²) in [4.78, 5) is 11.8. The molecule has 2 aromatic carbocycles. The van der Waals surface area contributed by atoms with Crippen molar-refractivity contribution in [3.8, 4) is 11.5 Å². The minimum absolute atomic E-state index is 0.416. The fourth-order valence-corrected chi connectivity index (χ4v) is 3.11. The van der Waals surface area contributed by atoms with Crippen LogP contribution >= 0.6 is 0 Å². The summed E-state index contributed by atoms with van der Waals surface area (Å²) in [6, 6.07) is 14.7. The van der Waals surface area contributed by atoms with Crippen LogP contribution in [0.5, 0.6) is 11.5 Å². The Hall–Kier alpha value is -2.65. The van der Waals surface area contributed by atoms with Crippen LogP contribution in [-0.2, 0) is 20.7 Å². The van der Waals surface area contributed by atoms with Gasteiger partial charge in [-0.05, 0) is 29.3 Å². The van der Waals surface area contributed by atoms with E-state index in [-0.39, 0.29) is 0 Å². The van der Waals surface area contributed by atoms with E-state index < -0.39 is 36.7 Å². The second-order valence-corrected chi connectivity index (χ2v) is 6.67. The summed E-state index contributed by atoms with van der Waals surface area (Å²) in [6.45, 7) is 0. The maximum Gasteiger partial charge on any atom is 0.337 e. The first-order valence-electron chi connectivity index (χ1n) is 9.09. The molecule has 8 heteroatoms. The molecule has 0 radical (unpaired) electrons. The zero-order chi connectivity index (χ0) is 21.0. The van der Waals surface area contributed by atoms with Gasteiger partial charge in [0.2, 0.25) is 6.29 Å². The average molecular weight is 404 g/mol. The van der Waals surface area contributed by atoms with Gasteiger partial charge in [-0.3, -0.25) is 0 Å². The lowest BCUT2D eigenvalue weighted by Crippen LogP contribution is -2.61. The predicted octanol–water partition coefficient (Wildman–Crippen LogP) is 0.645. The van der Waals surface area contributed by atoms with E-state index in [1.54, 1.807) is 19.2 Å². The van der Waals surface area contributed by atoms with Crippen molar-refractivity contribution in [2.24, 2.45) is 0 Å². The molecule has 0 unspecified atom stereocenters. The molecule has 156 valence electrons. The van der Waals surface area contributed by atoms with Gasteiger partial charge in [-0.2, -0.15) is 0 Å². The Morgan fingerprint density at radius 1 is 0.966 bits per heavy atom. The lowest BCUT2D eigenvalue weighted by Gasteiger charge is -2.39. The third-order valence-electron chi connectivity index (χ3n) is 4.77. The molecular formula is C21H24O8. The van der Waals surface area contributed by atoms with Gasteiger partial charge in [0.05, 0.1) is 14.2 Å². The third kappa shape index (κ3) is 4.68. The predicted molar refractivity (Wildman–Crippen MR) is 102 cm³/mol. The maximum atomic E-state index is 11.8. The van der Waals surface area contributed by atoms with Gasteiger partial charge in [-0.1, -0.05) is 30.3 Å². The number of carbonyl (C=O) groups excluding carboxylic acids is 1. The molecule has 0 spiro atoms. The molecule has 29 heavy (non-hydrogen) atoms. The summed E-state index contributed by atoms with van der Waals surface area (Å²) in [5, 5.41) is 30.3. The number of benzene rings is 2. The summed E-state index contributed by atoms with van der Waals surface area (Å²) < 4.78 is 20.9. The van der Waals surface area contributed by atoms with E-state index in [1.807, 2.05) is 36.4 Å². The first-order chi connectivity index (χ1) is 13.9. The second-order valence-electron chi connectivity index (χ2n) is 6.67. The van der Waals surface area contributed by atoms with E-state index in [2.05, 4.69) is 4.74 Å². The molecule has 1 fully saturated rings. The van der Waals surface area contributed by atoms with Crippen LogP contribution in [0.25, 0.3) is 0 Å². The molecule has 0 saturated carbocycles. The molecule has 3 rings (SSSR count). The Kier molecular flexibility index (Phi) is 6.71. The monoisotopic (exact) mass is 404 g/mol. The van der Waals surface area contributed by atoms with E-state index in [1.165, 1.54) is 0 Å². The van der Waals surface area contributed by atoms with Crippen LogP contribution in [0.1, 0.15) is 11.1 Å². The zero-order valence-electron chi connectivity index (χ0n) is 16.1. The first kappa shape index (κ1) is 21.1. The minimum atomic E-state index is -1.63. The smallest absolute Gasteiger partial charge is 0.337 e. The summed E-state index contributed by atoms with van der Waals surface area (Å²) in [7, 11) is 2.73. The van der Waals surface area contributed by atoms with Crippen molar-refractivity contribution < 1.29 is 39.1 Å². The summed E-state index contributed by atoms with van der Waals surface area (Å²) in [6.07, 6.45) is -7.13. The quantitative estimate of drug-likeness (QED) is 0.601. The third-order valence-corrected chi connectivity index (χ3v) is 4.77. The topological polar surface area (TPSA) is 115 Å². The Labute approximate surface area is 168 Å². The lowest BCUT2D eigenvalue weighted by atomic mass is 9.99. The van der Waals surface area contributed by atoms with Gasteiger partial charge in [-0.25, -0.2) is 4.79 Å². The highest BCUT2D eigenvalue weighted by Gasteiger charge is 2.48. The number of carbonyl (C=O) groups is 1. The highest BCUT2D eigenvalue weighted by Crippen LogP contribution is 2.28. The number of aliphatic hydroxyl groups excluding tert-OH is 3. The molecule has 3 N–H and O–H groups in total. The van der Waals surface area contributed by atoms with E-state index in [4.69, 9.17) is 14.2 Å². The Bertz CT molecular complexity index is 822. The van der Waals surface area contributed by atoms with Gasteiger partial charge in [-0.15, -0.1) is 0 Å². The fraction of sp³-hybridized carbons (Fsp3) is 0.381. The molecule has 0 aliphatic carbocycles. The van der Waals surface area contributed by atoms with Crippen LogP contribution in [-0.4, -0.2) is 66.2 Å². The number of hydrogen-bond donors (Lipinski definition) is 3. The Morgan fingerprint density at radius 2 is 1.66 bits per heavy atom. The average Bonchev–Trinajstić information content (AvgIpc) is 2.75. The van der Waals surface area contributed by atoms with Gasteiger partial charge in [0.25, 0.3) is 0 Å². The number of para-hydroxylation sites is 1. The molecule has 2 aromatic rings. The van der Waals surface area contributed by atoms with Crippen molar-refractivity contribution in [2.45, 2.75) is 37.1 Å². The number of esters is 1. The van der Waals surface area contributed by atoms with Gasteiger partial charge in [0.15, 0.2) is 6.10 Å². The molecule has 1 aliphatic heterocycles. The first-order valence-corrected chi connectivity index (χ1v) is 9.09.